The highest BCUT2D eigenvalue weighted by atomic mass is 32.2. The number of amides is 2. The number of ether oxygens (including phenoxy) is 2. The van der Waals surface area contributed by atoms with Gasteiger partial charge in [0, 0.05) is 13.1 Å². The van der Waals surface area contributed by atoms with Crippen LogP contribution in [0, 0.1) is 11.8 Å². The van der Waals surface area contributed by atoms with E-state index in [-0.39, 0.29) is 44.0 Å². The van der Waals surface area contributed by atoms with E-state index in [9.17, 15) is 23.2 Å². The van der Waals surface area contributed by atoms with Gasteiger partial charge in [0.25, 0.3) is 5.91 Å². The largest absolute Gasteiger partial charge is 0.481 e. The first-order valence-corrected chi connectivity index (χ1v) is 10.5. The number of carbonyl (C=O) groups is 2. The van der Waals surface area contributed by atoms with Crippen molar-refractivity contribution in [1.82, 2.24) is 10.4 Å². The number of benzene rings is 1. The first-order valence-electron chi connectivity index (χ1n) is 9.05. The van der Waals surface area contributed by atoms with Gasteiger partial charge >= 0.3 is 6.09 Å². The van der Waals surface area contributed by atoms with E-state index < -0.39 is 26.6 Å². The van der Waals surface area contributed by atoms with Gasteiger partial charge in [-0.2, -0.15) is 0 Å². The van der Waals surface area contributed by atoms with E-state index in [0.29, 0.717) is 5.75 Å². The third-order valence-electron chi connectivity index (χ3n) is 4.75. The number of nitrogens with zero attached hydrogens (tertiary/aromatic N) is 1. The number of hydrogen-bond acceptors (Lipinski definition) is 7. The molecule has 1 aromatic rings. The van der Waals surface area contributed by atoms with Crippen LogP contribution in [-0.2, 0) is 19.4 Å². The lowest BCUT2D eigenvalue weighted by atomic mass is 9.95. The molecule has 10 heteroatoms. The number of carbonyl (C=O) groups excluding carboxylic acids is 2. The maximum absolute atomic E-state index is 13.3. The van der Waals surface area contributed by atoms with Crippen molar-refractivity contribution < 1.29 is 32.7 Å². The van der Waals surface area contributed by atoms with Crippen LogP contribution in [0.15, 0.2) is 29.2 Å². The minimum absolute atomic E-state index is 0.00235. The third-order valence-corrected chi connectivity index (χ3v) is 7.26. The minimum atomic E-state index is -4.17. The molecule has 0 atom stereocenters. The molecule has 2 amide bonds. The van der Waals surface area contributed by atoms with E-state index >= 15 is 0 Å². The fraction of sp³-hybridized carbons (Fsp3) is 0.474. The van der Waals surface area contributed by atoms with Crippen LogP contribution in [0.3, 0.4) is 0 Å². The second kappa shape index (κ2) is 9.62. The number of likely N-dealkylation sites (tertiary alicyclic amines) is 1. The highest BCUT2D eigenvalue weighted by molar-refractivity contribution is 7.93. The van der Waals surface area contributed by atoms with Gasteiger partial charge in [-0.25, -0.2) is 18.7 Å². The van der Waals surface area contributed by atoms with Crippen LogP contribution in [0.1, 0.15) is 26.7 Å². The quantitative estimate of drug-likeness (QED) is 0.402. The summed E-state index contributed by atoms with van der Waals surface area (Å²) in [6.45, 7) is 3.71. The number of piperidine rings is 1. The lowest BCUT2D eigenvalue weighted by Gasteiger charge is -2.38. The summed E-state index contributed by atoms with van der Waals surface area (Å²) in [7, 11) is -4.17. The fourth-order valence-electron chi connectivity index (χ4n) is 3.12. The molecule has 0 spiro atoms. The molecule has 0 aromatic heterocycles. The Hall–Kier alpha value is -2.77. The van der Waals surface area contributed by atoms with Gasteiger partial charge < -0.3 is 14.4 Å². The van der Waals surface area contributed by atoms with Crippen LogP contribution in [0.4, 0.5) is 4.79 Å². The maximum Gasteiger partial charge on any atom is 0.409 e. The van der Waals surface area contributed by atoms with Crippen molar-refractivity contribution in [1.29, 1.82) is 0 Å². The average molecular weight is 424 g/mol. The zero-order valence-corrected chi connectivity index (χ0v) is 17.1. The molecule has 0 bridgehead atoms. The molecule has 1 aliphatic heterocycles. The van der Waals surface area contributed by atoms with E-state index in [1.165, 1.54) is 34.6 Å². The summed E-state index contributed by atoms with van der Waals surface area (Å²) in [6, 6.07) is 5.63. The van der Waals surface area contributed by atoms with Crippen LogP contribution in [0.25, 0.3) is 0 Å². The van der Waals surface area contributed by atoms with Gasteiger partial charge in [-0.1, -0.05) is 5.92 Å². The number of hydrogen-bond donors (Lipinski definition) is 2. The van der Waals surface area contributed by atoms with Gasteiger partial charge in [0.05, 0.1) is 11.5 Å². The summed E-state index contributed by atoms with van der Waals surface area (Å²) >= 11 is 0. The molecule has 0 saturated carbocycles. The molecule has 0 unspecified atom stereocenters. The van der Waals surface area contributed by atoms with Gasteiger partial charge in [-0.05, 0) is 51.0 Å². The Morgan fingerprint density at radius 2 is 1.86 bits per heavy atom. The summed E-state index contributed by atoms with van der Waals surface area (Å²) < 4.78 is 35.0. The van der Waals surface area contributed by atoms with Crippen molar-refractivity contribution >= 4 is 21.8 Å². The maximum atomic E-state index is 13.3. The lowest BCUT2D eigenvalue weighted by Crippen LogP contribution is -2.58. The monoisotopic (exact) mass is 424 g/mol. The van der Waals surface area contributed by atoms with Gasteiger partial charge in [-0.3, -0.25) is 10.0 Å². The Labute approximate surface area is 169 Å². The molecule has 158 valence electrons. The van der Waals surface area contributed by atoms with Gasteiger partial charge in [0.15, 0.2) is 14.6 Å². The first-order chi connectivity index (χ1) is 13.8. The molecule has 1 fully saturated rings. The van der Waals surface area contributed by atoms with Gasteiger partial charge in [0.2, 0.25) is 0 Å². The number of rotatable bonds is 6. The summed E-state index contributed by atoms with van der Waals surface area (Å²) in [4.78, 5) is 25.6. The van der Waals surface area contributed by atoms with E-state index in [2.05, 4.69) is 11.8 Å². The van der Waals surface area contributed by atoms with E-state index in [1.807, 2.05) is 0 Å². The van der Waals surface area contributed by atoms with Crippen molar-refractivity contribution in [2.45, 2.75) is 36.3 Å². The molecule has 1 saturated heterocycles. The summed E-state index contributed by atoms with van der Waals surface area (Å²) in [6.07, 6.45) is -0.921. The van der Waals surface area contributed by atoms with E-state index in [4.69, 9.17) is 9.47 Å². The predicted octanol–water partition coefficient (Wildman–Crippen LogP) is 1.36. The molecule has 0 aliphatic carbocycles. The topological polar surface area (TPSA) is 122 Å². The second-order valence-electron chi connectivity index (χ2n) is 6.31. The van der Waals surface area contributed by atoms with Crippen molar-refractivity contribution in [3.63, 3.8) is 0 Å². The fourth-order valence-corrected chi connectivity index (χ4v) is 5.07. The molecular formula is C19H24N2O7S. The SMILES string of the molecule is CC#CCOc1ccc(S(=O)(=O)C2(C(=O)NO)CCN(C(=O)OCC)CC2)cc1. The zero-order valence-electron chi connectivity index (χ0n) is 16.3. The van der Waals surface area contributed by atoms with E-state index in [1.54, 1.807) is 13.8 Å². The van der Waals surface area contributed by atoms with Crippen LogP contribution < -0.4 is 10.2 Å². The normalized spacial score (nSPS) is 15.6. The Bertz CT molecular complexity index is 893. The number of sulfone groups is 1. The minimum Gasteiger partial charge on any atom is -0.481 e. The molecule has 1 aromatic carbocycles. The van der Waals surface area contributed by atoms with Crippen molar-refractivity contribution in [2.75, 3.05) is 26.3 Å². The van der Waals surface area contributed by atoms with Crippen molar-refractivity contribution in [2.24, 2.45) is 0 Å². The van der Waals surface area contributed by atoms with Crippen LogP contribution in [0.5, 0.6) is 5.75 Å². The van der Waals surface area contributed by atoms with E-state index in [0.717, 1.165) is 0 Å². The molecule has 2 N–H and O–H groups in total. The zero-order chi connectivity index (χ0) is 21.5. The average Bonchev–Trinajstić information content (AvgIpc) is 2.73. The molecular weight excluding hydrogens is 400 g/mol. The van der Waals surface area contributed by atoms with Crippen molar-refractivity contribution in [3.8, 4) is 17.6 Å². The van der Waals surface area contributed by atoms with Crippen LogP contribution in [0.2, 0.25) is 0 Å². The highest BCUT2D eigenvalue weighted by Gasteiger charge is 2.53. The molecule has 1 aliphatic rings. The lowest BCUT2D eigenvalue weighted by molar-refractivity contribution is -0.133. The molecule has 0 radical (unpaired) electrons. The smallest absolute Gasteiger partial charge is 0.409 e. The Morgan fingerprint density at radius 1 is 1.24 bits per heavy atom. The molecule has 29 heavy (non-hydrogen) atoms. The Kier molecular flexibility index (Phi) is 7.47. The predicted molar refractivity (Wildman–Crippen MR) is 103 cm³/mol. The number of hydroxylamine groups is 1. The Morgan fingerprint density at radius 3 is 2.38 bits per heavy atom. The summed E-state index contributed by atoms with van der Waals surface area (Å²) in [5.41, 5.74) is 1.47. The standard InChI is InChI=1S/C19H24N2O7S/c1-3-5-14-28-15-6-8-16(9-7-15)29(25,26)19(17(22)20-24)10-12-21(13-11-19)18(23)27-4-2/h6-9,24H,4,10-14H2,1-2H3,(H,20,22). The van der Waals surface area contributed by atoms with Gasteiger partial charge in [-0.15, -0.1) is 5.92 Å². The third kappa shape index (κ3) is 4.63. The molecule has 1 heterocycles. The van der Waals surface area contributed by atoms with Crippen LogP contribution >= 0.6 is 0 Å². The number of nitrogens with one attached hydrogen (secondary N) is 1. The van der Waals surface area contributed by atoms with Crippen LogP contribution in [-0.4, -0.2) is 61.6 Å². The first kappa shape index (κ1) is 22.5. The Balaban J connectivity index is 2.28. The molecule has 2 rings (SSSR count). The molecule has 9 nitrogen and oxygen atoms in total. The van der Waals surface area contributed by atoms with Gasteiger partial charge in [0.1, 0.15) is 12.4 Å². The highest BCUT2D eigenvalue weighted by Crippen LogP contribution is 2.36. The second-order valence-corrected chi connectivity index (χ2v) is 8.57. The van der Waals surface area contributed by atoms with Crippen molar-refractivity contribution in [3.05, 3.63) is 24.3 Å². The summed E-state index contributed by atoms with van der Waals surface area (Å²) in [5, 5.41) is 9.18. The summed E-state index contributed by atoms with van der Waals surface area (Å²) in [5.74, 6) is 4.82.